The quantitative estimate of drug-likeness (QED) is 0.288. The van der Waals surface area contributed by atoms with Gasteiger partial charge in [0.05, 0.1) is 0 Å². The highest BCUT2D eigenvalue weighted by Gasteiger charge is 2.24. The fourth-order valence-corrected chi connectivity index (χ4v) is 1.38. The fourth-order valence-electron chi connectivity index (χ4n) is 1.38. The molecule has 0 aliphatic rings. The minimum absolute atomic E-state index is 0.383. The van der Waals surface area contributed by atoms with E-state index in [1.165, 1.54) is 12.1 Å². The minimum atomic E-state index is -1.64. The summed E-state index contributed by atoms with van der Waals surface area (Å²) < 4.78 is 54.5. The first kappa shape index (κ1) is 16.1. The van der Waals surface area contributed by atoms with Gasteiger partial charge in [0, 0.05) is 11.8 Å². The zero-order valence-corrected chi connectivity index (χ0v) is 10.5. The molecular weight excluding hydrogens is 288 g/mol. The number of allylic oxidation sites excluding steroid dienone is 2. The number of nitrogens with one attached hydrogen (secondary N) is 2. The van der Waals surface area contributed by atoms with E-state index < -0.39 is 40.1 Å². The van der Waals surface area contributed by atoms with Crippen molar-refractivity contribution in [3.8, 4) is 12.1 Å². The molecule has 0 aliphatic heterocycles. The molecule has 1 aromatic carbocycles. The van der Waals surface area contributed by atoms with Crippen LogP contribution < -0.4 is 10.9 Å². The van der Waals surface area contributed by atoms with Gasteiger partial charge >= 0.3 is 0 Å². The maximum absolute atomic E-state index is 13.6. The van der Waals surface area contributed by atoms with E-state index in [4.69, 9.17) is 10.5 Å². The third-order valence-corrected chi connectivity index (χ3v) is 2.36. The second kappa shape index (κ2) is 6.96. The highest BCUT2D eigenvalue weighted by Crippen LogP contribution is 2.28. The van der Waals surface area contributed by atoms with Crippen molar-refractivity contribution in [1.29, 1.82) is 10.5 Å². The normalized spacial score (nSPS) is 9.24. The smallest absolute Gasteiger partial charge is 0.187 e. The SMILES string of the molecule is C=CCc1c(F)c(F)c(NNC=C(C#N)C#N)c(F)c1F. The van der Waals surface area contributed by atoms with Gasteiger partial charge in [-0.1, -0.05) is 6.08 Å². The molecule has 0 amide bonds. The van der Waals surface area contributed by atoms with Gasteiger partial charge in [-0.05, 0) is 6.42 Å². The predicted molar refractivity (Wildman–Crippen MR) is 66.2 cm³/mol. The van der Waals surface area contributed by atoms with E-state index in [1.807, 2.05) is 10.9 Å². The number of benzene rings is 1. The second-order valence-corrected chi connectivity index (χ2v) is 3.65. The van der Waals surface area contributed by atoms with Gasteiger partial charge in [-0.15, -0.1) is 6.58 Å². The molecule has 1 rings (SSSR count). The van der Waals surface area contributed by atoms with Gasteiger partial charge in [-0.2, -0.15) is 10.5 Å². The molecule has 0 saturated carbocycles. The molecule has 0 heterocycles. The number of halogens is 4. The van der Waals surface area contributed by atoms with Crippen LogP contribution in [0.4, 0.5) is 23.2 Å². The van der Waals surface area contributed by atoms with Crippen molar-refractivity contribution in [1.82, 2.24) is 5.43 Å². The minimum Gasteiger partial charge on any atom is -0.306 e. The number of anilines is 1. The van der Waals surface area contributed by atoms with Crippen molar-refractivity contribution >= 4 is 5.69 Å². The van der Waals surface area contributed by atoms with E-state index >= 15 is 0 Å². The molecule has 2 N–H and O–H groups in total. The van der Waals surface area contributed by atoms with Crippen molar-refractivity contribution < 1.29 is 17.6 Å². The van der Waals surface area contributed by atoms with Crippen LogP contribution >= 0.6 is 0 Å². The predicted octanol–water partition coefficient (Wildman–Crippen LogP) is 2.82. The summed E-state index contributed by atoms with van der Waals surface area (Å²) in [6, 6.07) is 2.93. The molecular formula is C13H8F4N4. The second-order valence-electron chi connectivity index (χ2n) is 3.65. The number of hydrogen-bond donors (Lipinski definition) is 2. The molecule has 0 radical (unpaired) electrons. The molecule has 4 nitrogen and oxygen atoms in total. The maximum Gasteiger partial charge on any atom is 0.187 e. The standard InChI is InChI=1S/C13H8F4N4/c1-2-3-8-9(14)11(16)13(12(17)10(8)15)21-20-6-7(4-18)5-19/h2,6,20-21H,1,3H2. The Bertz CT molecular complexity index is 638. The van der Waals surface area contributed by atoms with Crippen LogP contribution in [0.3, 0.4) is 0 Å². The van der Waals surface area contributed by atoms with Crippen LogP contribution in [-0.4, -0.2) is 0 Å². The lowest BCUT2D eigenvalue weighted by Gasteiger charge is -2.12. The highest BCUT2D eigenvalue weighted by atomic mass is 19.2. The molecule has 0 bridgehead atoms. The Labute approximate surface area is 117 Å². The number of rotatable bonds is 5. The molecule has 8 heteroatoms. The third kappa shape index (κ3) is 3.31. The maximum atomic E-state index is 13.6. The van der Waals surface area contributed by atoms with Gasteiger partial charge in [-0.25, -0.2) is 17.6 Å². The van der Waals surface area contributed by atoms with Crippen LogP contribution in [0.1, 0.15) is 5.56 Å². The fraction of sp³-hybridized carbons (Fsp3) is 0.0769. The first-order valence-corrected chi connectivity index (χ1v) is 5.45. The molecule has 0 unspecified atom stereocenters. The summed E-state index contributed by atoms with van der Waals surface area (Å²) in [6.07, 6.45) is 1.50. The van der Waals surface area contributed by atoms with E-state index in [1.54, 1.807) is 0 Å². The molecule has 0 atom stereocenters. The average molecular weight is 296 g/mol. The molecule has 21 heavy (non-hydrogen) atoms. The third-order valence-electron chi connectivity index (χ3n) is 2.36. The van der Waals surface area contributed by atoms with Crippen molar-refractivity contribution in [2.45, 2.75) is 6.42 Å². The van der Waals surface area contributed by atoms with Crippen molar-refractivity contribution in [2.75, 3.05) is 5.43 Å². The summed E-state index contributed by atoms with van der Waals surface area (Å²) in [7, 11) is 0. The van der Waals surface area contributed by atoms with E-state index in [2.05, 4.69) is 6.58 Å². The monoisotopic (exact) mass is 296 g/mol. The summed E-state index contributed by atoms with van der Waals surface area (Å²) in [5.41, 5.74) is 1.55. The Balaban J connectivity index is 3.16. The number of hydrogen-bond acceptors (Lipinski definition) is 4. The largest absolute Gasteiger partial charge is 0.306 e. The molecule has 1 aromatic rings. The Kier molecular flexibility index (Phi) is 5.32. The lowest BCUT2D eigenvalue weighted by molar-refractivity contribution is 0.445. The Morgan fingerprint density at radius 1 is 1.05 bits per heavy atom. The lowest BCUT2D eigenvalue weighted by Crippen LogP contribution is -2.19. The van der Waals surface area contributed by atoms with Crippen LogP contribution in [0.25, 0.3) is 0 Å². The lowest BCUT2D eigenvalue weighted by atomic mass is 10.1. The summed E-state index contributed by atoms with van der Waals surface area (Å²) in [5, 5.41) is 16.9. The van der Waals surface area contributed by atoms with Crippen LogP contribution in [0, 0.1) is 45.9 Å². The molecule has 0 aromatic heterocycles. The van der Waals surface area contributed by atoms with Crippen molar-refractivity contribution in [3.63, 3.8) is 0 Å². The number of hydrazine groups is 1. The summed E-state index contributed by atoms with van der Waals surface area (Å²) in [4.78, 5) is 0. The first-order chi connectivity index (χ1) is 9.97. The van der Waals surface area contributed by atoms with E-state index in [0.717, 1.165) is 12.3 Å². The van der Waals surface area contributed by atoms with E-state index in [9.17, 15) is 17.6 Å². The van der Waals surface area contributed by atoms with Crippen molar-refractivity contribution in [2.24, 2.45) is 0 Å². The number of nitriles is 2. The van der Waals surface area contributed by atoms with E-state index in [-0.39, 0.29) is 6.42 Å². The first-order valence-electron chi connectivity index (χ1n) is 5.45. The summed E-state index contributed by atoms with van der Waals surface area (Å²) in [6.45, 7) is 3.23. The van der Waals surface area contributed by atoms with Crippen molar-refractivity contribution in [3.05, 3.63) is 53.3 Å². The van der Waals surface area contributed by atoms with Gasteiger partial charge in [0.1, 0.15) is 23.4 Å². The molecule has 0 saturated heterocycles. The Morgan fingerprint density at radius 3 is 2.00 bits per heavy atom. The van der Waals surface area contributed by atoms with Crippen LogP contribution in [0.15, 0.2) is 24.4 Å². The molecule has 108 valence electrons. The van der Waals surface area contributed by atoms with E-state index in [0.29, 0.717) is 0 Å². The topological polar surface area (TPSA) is 71.6 Å². The summed E-state index contributed by atoms with van der Waals surface area (Å²) in [5.74, 6) is -6.38. The molecule has 0 aliphatic carbocycles. The van der Waals surface area contributed by atoms with Gasteiger partial charge in [0.15, 0.2) is 23.3 Å². The Hall–Kier alpha value is -3.00. The van der Waals surface area contributed by atoms with Gasteiger partial charge in [0.25, 0.3) is 0 Å². The molecule has 0 fully saturated rings. The van der Waals surface area contributed by atoms with Crippen LogP contribution in [0.5, 0.6) is 0 Å². The zero-order valence-electron chi connectivity index (χ0n) is 10.5. The average Bonchev–Trinajstić information content (AvgIpc) is 2.49. The zero-order chi connectivity index (χ0) is 16.0. The summed E-state index contributed by atoms with van der Waals surface area (Å²) >= 11 is 0. The van der Waals surface area contributed by atoms with Gasteiger partial charge in [0.2, 0.25) is 0 Å². The van der Waals surface area contributed by atoms with Crippen LogP contribution in [0.2, 0.25) is 0 Å². The highest BCUT2D eigenvalue weighted by molar-refractivity contribution is 5.49. The number of nitrogens with zero attached hydrogens (tertiary/aromatic N) is 2. The molecule has 0 spiro atoms. The van der Waals surface area contributed by atoms with Gasteiger partial charge < -0.3 is 5.43 Å². The Morgan fingerprint density at radius 2 is 1.57 bits per heavy atom. The van der Waals surface area contributed by atoms with Crippen LogP contribution in [-0.2, 0) is 6.42 Å². The van der Waals surface area contributed by atoms with Gasteiger partial charge in [-0.3, -0.25) is 5.43 Å².